The van der Waals surface area contributed by atoms with E-state index in [2.05, 4.69) is 25.2 Å². The number of benzene rings is 2. The second-order valence-corrected chi connectivity index (χ2v) is 10.4. The zero-order valence-electron chi connectivity index (χ0n) is 23.4. The molecule has 1 saturated heterocycles. The molecule has 0 bridgehead atoms. The van der Waals surface area contributed by atoms with E-state index in [1.54, 1.807) is 50.6 Å². The molecule has 0 aliphatic carbocycles. The monoisotopic (exact) mass is 554 g/mol. The van der Waals surface area contributed by atoms with Gasteiger partial charge in [-0.2, -0.15) is 0 Å². The fourth-order valence-corrected chi connectivity index (χ4v) is 4.67. The van der Waals surface area contributed by atoms with Gasteiger partial charge < -0.3 is 24.8 Å². The van der Waals surface area contributed by atoms with E-state index >= 15 is 0 Å². The average Bonchev–Trinajstić information content (AvgIpc) is 2.99. The third-order valence-electron chi connectivity index (χ3n) is 7.08. The first-order chi connectivity index (χ1) is 19.8. The normalized spacial score (nSPS) is 15.3. The van der Waals surface area contributed by atoms with E-state index < -0.39 is 11.4 Å². The summed E-state index contributed by atoms with van der Waals surface area (Å²) in [5.41, 5.74) is 0.503. The van der Waals surface area contributed by atoms with Crippen LogP contribution in [-0.2, 0) is 10.2 Å². The van der Waals surface area contributed by atoms with Crippen molar-refractivity contribution in [3.05, 3.63) is 78.8 Å². The number of ether oxygens (including phenoxy) is 2. The SMILES string of the molecule is CCOc1ccccc1O[C@@H]1CCCN(c2cncc(Nc3ccnc(-c4ccc(C(C)(C)C(=O)O)cc4)n3)n2)C1. The Morgan fingerprint density at radius 3 is 2.59 bits per heavy atom. The van der Waals surface area contributed by atoms with Gasteiger partial charge in [-0.1, -0.05) is 36.4 Å². The quantitative estimate of drug-likeness (QED) is 0.260. The first-order valence-electron chi connectivity index (χ1n) is 13.7. The van der Waals surface area contributed by atoms with Crippen LogP contribution in [0.15, 0.2) is 73.2 Å². The number of rotatable bonds is 10. The second-order valence-electron chi connectivity index (χ2n) is 10.4. The molecule has 0 amide bonds. The summed E-state index contributed by atoms with van der Waals surface area (Å²) in [7, 11) is 0. The molecule has 4 aromatic rings. The van der Waals surface area contributed by atoms with Crippen LogP contribution in [0.2, 0.25) is 0 Å². The largest absolute Gasteiger partial charge is 0.490 e. The predicted molar refractivity (Wildman–Crippen MR) is 157 cm³/mol. The number of nitrogens with zero attached hydrogens (tertiary/aromatic N) is 5. The maximum Gasteiger partial charge on any atom is 0.313 e. The topological polar surface area (TPSA) is 123 Å². The highest BCUT2D eigenvalue weighted by molar-refractivity contribution is 5.80. The van der Waals surface area contributed by atoms with E-state index in [0.717, 1.165) is 42.3 Å². The highest BCUT2D eigenvalue weighted by Gasteiger charge is 2.29. The number of para-hydroxylation sites is 2. The minimum Gasteiger partial charge on any atom is -0.490 e. The number of hydrogen-bond donors (Lipinski definition) is 2. The smallest absolute Gasteiger partial charge is 0.313 e. The molecule has 10 nitrogen and oxygen atoms in total. The van der Waals surface area contributed by atoms with E-state index in [-0.39, 0.29) is 6.10 Å². The molecule has 0 unspecified atom stereocenters. The number of nitrogens with one attached hydrogen (secondary N) is 1. The van der Waals surface area contributed by atoms with Gasteiger partial charge in [-0.05, 0) is 57.4 Å². The summed E-state index contributed by atoms with van der Waals surface area (Å²) < 4.78 is 12.1. The number of carbonyl (C=O) groups is 1. The van der Waals surface area contributed by atoms with Gasteiger partial charge in [0.15, 0.2) is 23.1 Å². The highest BCUT2D eigenvalue weighted by atomic mass is 16.5. The van der Waals surface area contributed by atoms with Crippen LogP contribution in [0, 0.1) is 0 Å². The first kappa shape index (κ1) is 27.8. The molecule has 10 heteroatoms. The number of carboxylic acids is 1. The number of anilines is 3. The van der Waals surface area contributed by atoms with E-state index in [0.29, 0.717) is 36.2 Å². The molecule has 41 heavy (non-hydrogen) atoms. The molecule has 2 aromatic carbocycles. The van der Waals surface area contributed by atoms with Crippen molar-refractivity contribution < 1.29 is 19.4 Å². The van der Waals surface area contributed by atoms with Gasteiger partial charge in [0.2, 0.25) is 0 Å². The summed E-state index contributed by atoms with van der Waals surface area (Å²) in [5.74, 6) is 3.04. The van der Waals surface area contributed by atoms with Crippen molar-refractivity contribution in [1.82, 2.24) is 19.9 Å². The third kappa shape index (κ3) is 6.54. The van der Waals surface area contributed by atoms with Gasteiger partial charge in [-0.25, -0.2) is 15.0 Å². The van der Waals surface area contributed by atoms with Crippen molar-refractivity contribution in [2.75, 3.05) is 29.9 Å². The van der Waals surface area contributed by atoms with Gasteiger partial charge >= 0.3 is 5.97 Å². The summed E-state index contributed by atoms with van der Waals surface area (Å²) in [6.07, 6.45) is 7.00. The molecule has 5 rings (SSSR count). The molecule has 0 saturated carbocycles. The van der Waals surface area contributed by atoms with Crippen LogP contribution >= 0.6 is 0 Å². The number of hydrogen-bond acceptors (Lipinski definition) is 9. The molecular formula is C31H34N6O4. The molecule has 2 N–H and O–H groups in total. The lowest BCUT2D eigenvalue weighted by atomic mass is 9.84. The Morgan fingerprint density at radius 1 is 1.05 bits per heavy atom. The van der Waals surface area contributed by atoms with Crippen molar-refractivity contribution in [2.45, 2.75) is 45.1 Å². The molecule has 212 valence electrons. The van der Waals surface area contributed by atoms with E-state index in [9.17, 15) is 9.90 Å². The third-order valence-corrected chi connectivity index (χ3v) is 7.08. The first-order valence-corrected chi connectivity index (χ1v) is 13.7. The molecule has 2 aromatic heterocycles. The van der Waals surface area contributed by atoms with Crippen LogP contribution in [0.4, 0.5) is 17.5 Å². The van der Waals surface area contributed by atoms with Gasteiger partial charge in [0.25, 0.3) is 0 Å². The lowest BCUT2D eigenvalue weighted by Gasteiger charge is -2.33. The van der Waals surface area contributed by atoms with Crippen molar-refractivity contribution in [1.29, 1.82) is 0 Å². The Kier molecular flexibility index (Phi) is 8.28. The second kappa shape index (κ2) is 12.2. The van der Waals surface area contributed by atoms with Gasteiger partial charge in [0, 0.05) is 18.3 Å². The highest BCUT2D eigenvalue weighted by Crippen LogP contribution is 2.30. The summed E-state index contributed by atoms with van der Waals surface area (Å²) in [4.78, 5) is 32.0. The van der Waals surface area contributed by atoms with Gasteiger partial charge in [-0.3, -0.25) is 9.78 Å². The zero-order valence-corrected chi connectivity index (χ0v) is 23.4. The minimum atomic E-state index is -0.985. The Morgan fingerprint density at radius 2 is 1.83 bits per heavy atom. The lowest BCUT2D eigenvalue weighted by Crippen LogP contribution is -2.41. The Balaban J connectivity index is 1.27. The van der Waals surface area contributed by atoms with Crippen LogP contribution < -0.4 is 19.7 Å². The van der Waals surface area contributed by atoms with Crippen LogP contribution in [0.25, 0.3) is 11.4 Å². The molecule has 1 aliphatic heterocycles. The maximum absolute atomic E-state index is 11.6. The van der Waals surface area contributed by atoms with Crippen LogP contribution in [-0.4, -0.2) is 56.8 Å². The minimum absolute atomic E-state index is 0.000607. The number of aromatic nitrogens is 4. The van der Waals surface area contributed by atoms with Crippen molar-refractivity contribution >= 4 is 23.4 Å². The fourth-order valence-electron chi connectivity index (χ4n) is 4.67. The lowest BCUT2D eigenvalue weighted by molar-refractivity contribution is -0.142. The summed E-state index contributed by atoms with van der Waals surface area (Å²) in [6, 6.07) is 16.8. The van der Waals surface area contributed by atoms with E-state index in [1.165, 1.54) is 0 Å². The fraction of sp³-hybridized carbons (Fsp3) is 0.323. The Labute approximate surface area is 239 Å². The van der Waals surface area contributed by atoms with Crippen molar-refractivity contribution in [3.63, 3.8) is 0 Å². The van der Waals surface area contributed by atoms with Crippen LogP contribution in [0.1, 0.15) is 39.2 Å². The van der Waals surface area contributed by atoms with Gasteiger partial charge in [0.05, 0.1) is 31.0 Å². The van der Waals surface area contributed by atoms with Gasteiger partial charge in [0.1, 0.15) is 17.7 Å². The Bertz CT molecular complexity index is 1490. The van der Waals surface area contributed by atoms with E-state index in [1.807, 2.05) is 43.3 Å². The standard InChI is InChI=1S/C31H34N6O4/c1-4-40-24-9-5-6-10-25(24)41-23-8-7-17-37(20-23)28-19-32-18-27(35-28)34-26-15-16-33-29(36-26)21-11-13-22(14-12-21)31(2,3)30(38)39/h5-6,9-16,18-19,23H,4,7-8,17,20H2,1-3H3,(H,38,39)(H,33,34,35,36)/t23-/m1/s1. The molecule has 3 heterocycles. The van der Waals surface area contributed by atoms with Crippen LogP contribution in [0.3, 0.4) is 0 Å². The van der Waals surface area contributed by atoms with Crippen molar-refractivity contribution in [3.8, 4) is 22.9 Å². The molecule has 0 radical (unpaired) electrons. The summed E-state index contributed by atoms with van der Waals surface area (Å²) in [5, 5.41) is 12.7. The van der Waals surface area contributed by atoms with Gasteiger partial charge in [-0.15, -0.1) is 0 Å². The number of aliphatic carboxylic acids is 1. The zero-order chi connectivity index (χ0) is 28.8. The molecule has 1 atom stereocenters. The van der Waals surface area contributed by atoms with Crippen molar-refractivity contribution in [2.24, 2.45) is 0 Å². The van der Waals surface area contributed by atoms with E-state index in [4.69, 9.17) is 14.5 Å². The average molecular weight is 555 g/mol. The molecule has 1 aliphatic rings. The van der Waals surface area contributed by atoms with Crippen LogP contribution in [0.5, 0.6) is 11.5 Å². The predicted octanol–water partition coefficient (Wildman–Crippen LogP) is 5.49. The maximum atomic E-state index is 11.6. The molecule has 1 fully saturated rings. The molecular weight excluding hydrogens is 520 g/mol. The molecule has 0 spiro atoms. The number of carboxylic acid groups (broad SMARTS) is 1. The summed E-state index contributed by atoms with van der Waals surface area (Å²) >= 11 is 0. The summed E-state index contributed by atoms with van der Waals surface area (Å²) in [6.45, 7) is 7.45. The number of piperidine rings is 1. The Hall–Kier alpha value is -4.73.